The number of esters is 1. The fourth-order valence-corrected chi connectivity index (χ4v) is 1.81. The predicted molar refractivity (Wildman–Crippen MR) is 64.9 cm³/mol. The zero-order valence-electron chi connectivity index (χ0n) is 8.43. The Labute approximate surface area is 103 Å². The Kier molecular flexibility index (Phi) is 5.12. The lowest BCUT2D eigenvalue weighted by Crippen LogP contribution is -2.05. The molecule has 0 aromatic heterocycles. The van der Waals surface area contributed by atoms with E-state index in [1.54, 1.807) is 12.1 Å². The quantitative estimate of drug-likeness (QED) is 0.627. The average Bonchev–Trinajstić information content (AvgIpc) is 2.25. The lowest BCUT2D eigenvalue weighted by atomic mass is 10.0. The van der Waals surface area contributed by atoms with Crippen molar-refractivity contribution in [3.63, 3.8) is 0 Å². The van der Waals surface area contributed by atoms with Gasteiger partial charge in [-0.1, -0.05) is 27.5 Å². The van der Waals surface area contributed by atoms with Gasteiger partial charge in [0, 0.05) is 10.4 Å². The van der Waals surface area contributed by atoms with E-state index < -0.39 is 0 Å². The Hall–Kier alpha value is -0.540. The van der Waals surface area contributed by atoms with Crippen LogP contribution < -0.4 is 0 Å². The lowest BCUT2D eigenvalue weighted by Gasteiger charge is -2.07. The number of rotatable bonds is 4. The summed E-state index contributed by atoms with van der Waals surface area (Å²) in [4.78, 5) is 11.4. The molecule has 1 rings (SSSR count). The van der Waals surface area contributed by atoms with E-state index in [9.17, 15) is 4.79 Å². The van der Waals surface area contributed by atoms with Crippen LogP contribution in [0, 0.1) is 0 Å². The monoisotopic (exact) mass is 290 g/mol. The first kappa shape index (κ1) is 12.5. The number of halogens is 2. The lowest BCUT2D eigenvalue weighted by molar-refractivity contribution is 0.0599. The van der Waals surface area contributed by atoms with E-state index in [1.807, 2.05) is 6.07 Å². The summed E-state index contributed by atoms with van der Waals surface area (Å²) >= 11 is 9.23. The van der Waals surface area contributed by atoms with Crippen molar-refractivity contribution in [2.24, 2.45) is 0 Å². The largest absolute Gasteiger partial charge is 0.465 e. The minimum Gasteiger partial charge on any atom is -0.465 e. The van der Waals surface area contributed by atoms with Gasteiger partial charge in [0.2, 0.25) is 0 Å². The van der Waals surface area contributed by atoms with Crippen LogP contribution in [0.15, 0.2) is 18.2 Å². The summed E-state index contributed by atoms with van der Waals surface area (Å²) in [6, 6.07) is 5.22. The van der Waals surface area contributed by atoms with Gasteiger partial charge in [0.25, 0.3) is 0 Å². The highest BCUT2D eigenvalue weighted by Gasteiger charge is 2.11. The van der Waals surface area contributed by atoms with E-state index >= 15 is 0 Å². The molecule has 0 aliphatic carbocycles. The molecule has 0 heterocycles. The molecule has 0 saturated heterocycles. The third-order valence-electron chi connectivity index (χ3n) is 2.05. The minimum absolute atomic E-state index is 0.309. The molecule has 0 unspecified atom stereocenters. The normalized spacial score (nSPS) is 10.1. The van der Waals surface area contributed by atoms with Crippen molar-refractivity contribution in [1.29, 1.82) is 0 Å². The van der Waals surface area contributed by atoms with Crippen molar-refractivity contribution in [3.8, 4) is 0 Å². The summed E-state index contributed by atoms with van der Waals surface area (Å²) in [6.07, 6.45) is 1.78. The number of hydrogen-bond acceptors (Lipinski definition) is 2. The molecule has 0 aliphatic rings. The van der Waals surface area contributed by atoms with Crippen molar-refractivity contribution >= 4 is 33.5 Å². The number of ether oxygens (including phenoxy) is 1. The minimum atomic E-state index is -0.309. The maximum absolute atomic E-state index is 11.4. The molecule has 0 aliphatic heterocycles. The first-order valence-electron chi connectivity index (χ1n) is 4.61. The molecule has 82 valence electrons. The molecular formula is C11H12BrClO2. The van der Waals surface area contributed by atoms with Crippen LogP contribution in [0.5, 0.6) is 0 Å². The number of carbonyl (C=O) groups is 1. The fraction of sp³-hybridized carbons (Fsp3) is 0.364. The van der Waals surface area contributed by atoms with Crippen LogP contribution >= 0.6 is 27.5 Å². The molecule has 0 fully saturated rings. The van der Waals surface area contributed by atoms with E-state index in [1.165, 1.54) is 7.11 Å². The summed E-state index contributed by atoms with van der Waals surface area (Å²) < 4.78 is 4.70. The highest BCUT2D eigenvalue weighted by molar-refractivity contribution is 9.09. The fourth-order valence-electron chi connectivity index (χ4n) is 1.34. The van der Waals surface area contributed by atoms with Crippen molar-refractivity contribution < 1.29 is 9.53 Å². The van der Waals surface area contributed by atoms with Gasteiger partial charge < -0.3 is 4.74 Å². The van der Waals surface area contributed by atoms with Gasteiger partial charge in [0.1, 0.15) is 0 Å². The second-order valence-electron chi connectivity index (χ2n) is 3.09. The van der Waals surface area contributed by atoms with E-state index in [2.05, 4.69) is 15.9 Å². The molecule has 0 N–H and O–H groups in total. The molecule has 15 heavy (non-hydrogen) atoms. The third kappa shape index (κ3) is 3.50. The number of alkyl halides is 1. The Morgan fingerprint density at radius 2 is 2.27 bits per heavy atom. The van der Waals surface area contributed by atoms with Crippen LogP contribution in [-0.4, -0.2) is 18.4 Å². The summed E-state index contributed by atoms with van der Waals surface area (Å²) in [6.45, 7) is 0. The topological polar surface area (TPSA) is 26.3 Å². The second kappa shape index (κ2) is 6.13. The summed E-state index contributed by atoms with van der Waals surface area (Å²) in [7, 11) is 1.38. The van der Waals surface area contributed by atoms with Gasteiger partial charge in [-0.05, 0) is 36.6 Å². The van der Waals surface area contributed by atoms with Gasteiger partial charge in [-0.2, -0.15) is 0 Å². The molecule has 1 aromatic carbocycles. The molecule has 2 nitrogen and oxygen atoms in total. The molecular weight excluding hydrogens is 279 g/mol. The Morgan fingerprint density at radius 3 is 2.87 bits per heavy atom. The maximum Gasteiger partial charge on any atom is 0.338 e. The third-order valence-corrected chi connectivity index (χ3v) is 2.85. The van der Waals surface area contributed by atoms with Crippen LogP contribution in [0.25, 0.3) is 0 Å². The van der Waals surface area contributed by atoms with E-state index in [4.69, 9.17) is 16.3 Å². The van der Waals surface area contributed by atoms with Crippen LogP contribution in [0.1, 0.15) is 22.3 Å². The number of benzene rings is 1. The molecule has 0 atom stereocenters. The van der Waals surface area contributed by atoms with Crippen LogP contribution in [0.2, 0.25) is 5.02 Å². The average molecular weight is 292 g/mol. The Bertz CT molecular complexity index is 352. The van der Waals surface area contributed by atoms with E-state index in [0.717, 1.165) is 23.7 Å². The van der Waals surface area contributed by atoms with Gasteiger partial charge in [-0.15, -0.1) is 0 Å². The number of carbonyl (C=O) groups excluding carboxylic acids is 1. The number of methoxy groups -OCH3 is 1. The number of hydrogen-bond donors (Lipinski definition) is 0. The van der Waals surface area contributed by atoms with E-state index in [0.29, 0.717) is 10.6 Å². The van der Waals surface area contributed by atoms with Gasteiger partial charge in [-0.3, -0.25) is 0 Å². The van der Waals surface area contributed by atoms with Crippen molar-refractivity contribution in [3.05, 3.63) is 34.3 Å². The van der Waals surface area contributed by atoms with Crippen molar-refractivity contribution in [2.45, 2.75) is 12.8 Å². The van der Waals surface area contributed by atoms with E-state index in [-0.39, 0.29) is 5.97 Å². The van der Waals surface area contributed by atoms with Crippen LogP contribution in [0.4, 0.5) is 0 Å². The van der Waals surface area contributed by atoms with Gasteiger partial charge >= 0.3 is 5.97 Å². The zero-order valence-corrected chi connectivity index (χ0v) is 10.8. The Balaban J connectivity index is 2.97. The predicted octanol–water partition coefficient (Wildman–Crippen LogP) is 3.45. The molecule has 4 heteroatoms. The molecule has 0 bridgehead atoms. The van der Waals surface area contributed by atoms with Crippen LogP contribution in [0.3, 0.4) is 0 Å². The first-order valence-corrected chi connectivity index (χ1v) is 6.11. The smallest absolute Gasteiger partial charge is 0.338 e. The standard InChI is InChI=1S/C11H12BrClO2/c1-15-11(14)10-5-4-9(13)7-8(10)3-2-6-12/h4-5,7H,2-3,6H2,1H3. The zero-order chi connectivity index (χ0) is 11.3. The molecule has 0 spiro atoms. The highest BCUT2D eigenvalue weighted by atomic mass is 79.9. The van der Waals surface area contributed by atoms with Crippen molar-refractivity contribution in [1.82, 2.24) is 0 Å². The maximum atomic E-state index is 11.4. The van der Waals surface area contributed by atoms with Crippen LogP contribution in [-0.2, 0) is 11.2 Å². The Morgan fingerprint density at radius 1 is 1.53 bits per heavy atom. The summed E-state index contributed by atoms with van der Waals surface area (Å²) in [5, 5.41) is 1.55. The molecule has 1 aromatic rings. The molecule has 0 saturated carbocycles. The number of aryl methyl sites for hydroxylation is 1. The second-order valence-corrected chi connectivity index (χ2v) is 4.32. The van der Waals surface area contributed by atoms with Gasteiger partial charge in [0.15, 0.2) is 0 Å². The molecule has 0 amide bonds. The van der Waals surface area contributed by atoms with Gasteiger partial charge in [0.05, 0.1) is 12.7 Å². The molecule has 0 radical (unpaired) electrons. The summed E-state index contributed by atoms with van der Waals surface area (Å²) in [5.74, 6) is -0.309. The highest BCUT2D eigenvalue weighted by Crippen LogP contribution is 2.18. The van der Waals surface area contributed by atoms with Gasteiger partial charge in [-0.25, -0.2) is 4.79 Å². The van der Waals surface area contributed by atoms with Crippen molar-refractivity contribution in [2.75, 3.05) is 12.4 Å². The summed E-state index contributed by atoms with van der Waals surface area (Å²) in [5.41, 5.74) is 1.54. The first-order chi connectivity index (χ1) is 7.19. The SMILES string of the molecule is COC(=O)c1ccc(Cl)cc1CCCBr.